The number of nitrogens with zero attached hydrogens (tertiary/aromatic N) is 1. The monoisotopic (exact) mass is 405 g/mol. The summed E-state index contributed by atoms with van der Waals surface area (Å²) >= 11 is 0. The smallest absolute Gasteiger partial charge is 0.224 e. The van der Waals surface area contributed by atoms with Gasteiger partial charge in [-0.15, -0.1) is 24.8 Å². The number of nitrogens with one attached hydrogen (secondary N) is 1. The molecule has 150 valence electrons. The molecule has 0 aliphatic heterocycles. The van der Waals surface area contributed by atoms with Gasteiger partial charge in [-0.1, -0.05) is 32.4 Å². The van der Waals surface area contributed by atoms with Crippen molar-refractivity contribution in [1.29, 1.82) is 0 Å². The van der Waals surface area contributed by atoms with E-state index in [9.17, 15) is 4.79 Å². The number of carbonyl (C=O) groups excluding carboxylic acids is 1. The number of amides is 1. The first-order valence-corrected chi connectivity index (χ1v) is 9.13. The van der Waals surface area contributed by atoms with Gasteiger partial charge in [0.25, 0.3) is 0 Å². The Morgan fingerprint density at radius 1 is 1.23 bits per heavy atom. The molecule has 7 heteroatoms. The van der Waals surface area contributed by atoms with Gasteiger partial charge in [0, 0.05) is 19.0 Å². The number of rotatable bonds is 9. The highest BCUT2D eigenvalue weighted by Gasteiger charge is 2.26. The number of anilines is 1. The van der Waals surface area contributed by atoms with E-state index in [2.05, 4.69) is 24.1 Å². The summed E-state index contributed by atoms with van der Waals surface area (Å²) in [5.74, 6) is 1.06. The Labute approximate surface area is 169 Å². The van der Waals surface area contributed by atoms with Crippen LogP contribution in [0.25, 0.3) is 0 Å². The second kappa shape index (κ2) is 13.2. The van der Waals surface area contributed by atoms with Crippen LogP contribution in [-0.2, 0) is 4.79 Å². The van der Waals surface area contributed by atoms with E-state index in [-0.39, 0.29) is 36.8 Å². The van der Waals surface area contributed by atoms with Gasteiger partial charge in [-0.2, -0.15) is 0 Å². The third-order valence-corrected chi connectivity index (χ3v) is 4.89. The van der Waals surface area contributed by atoms with Crippen molar-refractivity contribution in [1.82, 2.24) is 4.90 Å². The minimum Gasteiger partial charge on any atom is -0.490 e. The van der Waals surface area contributed by atoms with E-state index in [0.717, 1.165) is 50.3 Å². The summed E-state index contributed by atoms with van der Waals surface area (Å²) in [7, 11) is 0. The normalized spacial score (nSPS) is 18.8. The van der Waals surface area contributed by atoms with Gasteiger partial charge in [0.15, 0.2) is 0 Å². The molecule has 0 radical (unpaired) electrons. The van der Waals surface area contributed by atoms with E-state index in [1.807, 2.05) is 24.3 Å². The van der Waals surface area contributed by atoms with E-state index in [4.69, 9.17) is 10.5 Å². The Morgan fingerprint density at radius 2 is 1.92 bits per heavy atom. The fraction of sp³-hybridized carbons (Fsp3) is 0.632. The van der Waals surface area contributed by atoms with E-state index < -0.39 is 0 Å². The Bertz CT molecular complexity index is 527. The molecular weight excluding hydrogens is 373 g/mol. The van der Waals surface area contributed by atoms with Crippen LogP contribution in [0.2, 0.25) is 0 Å². The highest BCUT2D eigenvalue weighted by molar-refractivity contribution is 5.92. The third kappa shape index (κ3) is 7.70. The molecule has 5 nitrogen and oxygen atoms in total. The van der Waals surface area contributed by atoms with Crippen molar-refractivity contribution >= 4 is 36.4 Å². The third-order valence-electron chi connectivity index (χ3n) is 4.89. The first kappa shape index (κ1) is 25.0. The lowest BCUT2D eigenvalue weighted by Crippen LogP contribution is -2.29. The summed E-state index contributed by atoms with van der Waals surface area (Å²) in [5.41, 5.74) is 6.81. The molecule has 1 aromatic rings. The van der Waals surface area contributed by atoms with Crippen molar-refractivity contribution in [3.63, 3.8) is 0 Å². The predicted molar refractivity (Wildman–Crippen MR) is 113 cm³/mol. The number of benzene rings is 1. The van der Waals surface area contributed by atoms with Crippen LogP contribution in [0, 0.1) is 5.92 Å². The average molecular weight is 406 g/mol. The van der Waals surface area contributed by atoms with Gasteiger partial charge in [0.1, 0.15) is 12.4 Å². The van der Waals surface area contributed by atoms with Crippen molar-refractivity contribution in [3.05, 3.63) is 24.3 Å². The molecule has 0 saturated heterocycles. The van der Waals surface area contributed by atoms with E-state index >= 15 is 0 Å². The number of nitrogens with two attached hydrogens (primary N) is 1. The summed E-state index contributed by atoms with van der Waals surface area (Å²) in [6.45, 7) is 7.81. The Hall–Kier alpha value is -1.01. The Morgan fingerprint density at radius 3 is 2.54 bits per heavy atom. The van der Waals surface area contributed by atoms with Crippen molar-refractivity contribution in [2.75, 3.05) is 31.6 Å². The molecule has 0 spiro atoms. The number of likely N-dealkylation sites (N-methyl/N-ethyl adjacent to an activating group) is 1. The van der Waals surface area contributed by atoms with Crippen LogP contribution in [0.3, 0.4) is 0 Å². The number of hydrogen-bond acceptors (Lipinski definition) is 4. The number of ether oxygens (including phenoxy) is 1. The number of para-hydroxylation sites is 2. The highest BCUT2D eigenvalue weighted by Crippen LogP contribution is 2.28. The zero-order valence-electron chi connectivity index (χ0n) is 15.8. The molecule has 1 aliphatic rings. The van der Waals surface area contributed by atoms with Crippen molar-refractivity contribution in [3.8, 4) is 5.75 Å². The molecule has 1 amide bonds. The van der Waals surface area contributed by atoms with Crippen molar-refractivity contribution < 1.29 is 9.53 Å². The summed E-state index contributed by atoms with van der Waals surface area (Å²) in [6.07, 6.45) is 3.71. The average Bonchev–Trinajstić information content (AvgIpc) is 2.98. The zero-order valence-corrected chi connectivity index (χ0v) is 17.4. The quantitative estimate of drug-likeness (QED) is 0.656. The summed E-state index contributed by atoms with van der Waals surface area (Å²) in [6, 6.07) is 7.79. The lowest BCUT2D eigenvalue weighted by molar-refractivity contribution is -0.117. The predicted octanol–water partition coefficient (Wildman–Crippen LogP) is 3.71. The molecular formula is C19H33Cl2N3O2. The fourth-order valence-electron chi connectivity index (χ4n) is 3.28. The Balaban J connectivity index is 0.00000312. The van der Waals surface area contributed by atoms with E-state index in [0.29, 0.717) is 18.9 Å². The van der Waals surface area contributed by atoms with Gasteiger partial charge in [0.2, 0.25) is 5.91 Å². The van der Waals surface area contributed by atoms with Gasteiger partial charge < -0.3 is 20.7 Å². The minimum absolute atomic E-state index is 0. The molecule has 3 N–H and O–H groups in total. The maximum Gasteiger partial charge on any atom is 0.224 e. The summed E-state index contributed by atoms with van der Waals surface area (Å²) in [4.78, 5) is 14.6. The van der Waals surface area contributed by atoms with Crippen LogP contribution >= 0.6 is 24.8 Å². The van der Waals surface area contributed by atoms with E-state index in [1.165, 1.54) is 0 Å². The molecule has 0 aromatic heterocycles. The second-order valence-corrected chi connectivity index (χ2v) is 6.48. The molecule has 0 heterocycles. The Kier molecular flexibility index (Phi) is 12.7. The van der Waals surface area contributed by atoms with E-state index in [1.54, 1.807) is 0 Å². The molecule has 1 aliphatic carbocycles. The van der Waals surface area contributed by atoms with Crippen LogP contribution < -0.4 is 15.8 Å². The topological polar surface area (TPSA) is 67.6 Å². The lowest BCUT2D eigenvalue weighted by atomic mass is 10.00. The van der Waals surface area contributed by atoms with Crippen LogP contribution in [0.4, 0.5) is 5.69 Å². The van der Waals surface area contributed by atoms with Gasteiger partial charge >= 0.3 is 0 Å². The number of halogens is 2. The highest BCUT2D eigenvalue weighted by atomic mass is 35.5. The summed E-state index contributed by atoms with van der Waals surface area (Å²) in [5, 5.41) is 2.99. The number of hydrogen-bond donors (Lipinski definition) is 2. The van der Waals surface area contributed by atoms with Gasteiger partial charge in [-0.05, 0) is 44.0 Å². The van der Waals surface area contributed by atoms with Crippen LogP contribution in [0.5, 0.6) is 5.75 Å². The molecule has 2 atom stereocenters. The maximum absolute atomic E-state index is 12.3. The van der Waals surface area contributed by atoms with Crippen LogP contribution in [0.15, 0.2) is 24.3 Å². The lowest BCUT2D eigenvalue weighted by Gasteiger charge is -2.19. The second-order valence-electron chi connectivity index (χ2n) is 6.48. The van der Waals surface area contributed by atoms with Gasteiger partial charge in [-0.25, -0.2) is 0 Å². The molecule has 1 fully saturated rings. The summed E-state index contributed by atoms with van der Waals surface area (Å²) < 4.78 is 5.88. The molecule has 26 heavy (non-hydrogen) atoms. The van der Waals surface area contributed by atoms with Crippen LogP contribution in [0.1, 0.15) is 39.5 Å². The van der Waals surface area contributed by atoms with Crippen molar-refractivity contribution in [2.24, 2.45) is 11.7 Å². The van der Waals surface area contributed by atoms with Gasteiger partial charge in [0.05, 0.1) is 5.69 Å². The molecule has 2 rings (SSSR count). The molecule has 1 aromatic carbocycles. The fourth-order valence-corrected chi connectivity index (χ4v) is 3.28. The first-order valence-electron chi connectivity index (χ1n) is 9.13. The maximum atomic E-state index is 12.3. The zero-order chi connectivity index (χ0) is 17.4. The SMILES string of the molecule is CCN(CC)CCOc1ccccc1NC(=O)C[C@@H]1CCC[C@H]1N.Cl.Cl. The van der Waals surface area contributed by atoms with Crippen molar-refractivity contribution in [2.45, 2.75) is 45.6 Å². The molecule has 1 saturated carbocycles. The standard InChI is InChI=1S/C19H31N3O2.2ClH/c1-3-22(4-2)12-13-24-18-11-6-5-10-17(18)21-19(23)14-15-8-7-9-16(15)20;;/h5-6,10-11,15-16H,3-4,7-9,12-14,20H2,1-2H3,(H,21,23);2*1H/t15-,16+;;/m0../s1. The molecule has 0 bridgehead atoms. The molecule has 0 unspecified atom stereocenters. The largest absolute Gasteiger partial charge is 0.490 e. The van der Waals surface area contributed by atoms with Crippen LogP contribution in [-0.4, -0.2) is 43.1 Å². The minimum atomic E-state index is 0. The number of carbonyl (C=O) groups is 1. The first-order chi connectivity index (χ1) is 11.6. The van der Waals surface area contributed by atoms with Gasteiger partial charge in [-0.3, -0.25) is 4.79 Å².